The van der Waals surface area contributed by atoms with Crippen LogP contribution in [0.15, 0.2) is 35.2 Å². The Kier molecular flexibility index (Phi) is 4.69. The van der Waals surface area contributed by atoms with Crippen molar-refractivity contribution in [3.05, 3.63) is 47.8 Å². The first-order valence-electron chi connectivity index (χ1n) is 6.17. The Morgan fingerprint density at radius 3 is 1.91 bits per heavy atom. The fourth-order valence-corrected chi connectivity index (χ4v) is 2.98. The molecule has 5 nitrogen and oxygen atoms in total. The second-order valence-corrected chi connectivity index (χ2v) is 6.05. The van der Waals surface area contributed by atoms with E-state index in [9.17, 15) is 21.6 Å². The summed E-state index contributed by atoms with van der Waals surface area (Å²) in [5, 5.41) is 0. The summed E-state index contributed by atoms with van der Waals surface area (Å²) in [6.45, 7) is 0. The summed E-state index contributed by atoms with van der Waals surface area (Å²) in [5.74, 6) is -3.07. The van der Waals surface area contributed by atoms with Crippen LogP contribution >= 0.6 is 0 Å². The molecule has 0 saturated carbocycles. The van der Waals surface area contributed by atoms with Crippen LogP contribution in [0.25, 0.3) is 0 Å². The van der Waals surface area contributed by atoms with E-state index in [4.69, 9.17) is 9.47 Å². The highest BCUT2D eigenvalue weighted by Gasteiger charge is 2.23. The van der Waals surface area contributed by atoms with Crippen molar-refractivity contribution in [2.75, 3.05) is 18.9 Å². The van der Waals surface area contributed by atoms with Crippen LogP contribution in [0.3, 0.4) is 0 Å². The molecule has 0 amide bonds. The minimum absolute atomic E-state index is 0.000694. The monoisotopic (exact) mass is 347 g/mol. The molecule has 0 aromatic heterocycles. The lowest BCUT2D eigenvalue weighted by molar-refractivity contribution is 0.350. The standard InChI is InChI=1S/C14H12F3NO4S/c1-21-12-6-11(17)14(7-13(12)22-2)23(19,20)18-10-4-8(15)3-9(16)5-10/h3-7,18H,1-2H3. The maximum Gasteiger partial charge on any atom is 0.264 e. The van der Waals surface area contributed by atoms with Gasteiger partial charge in [0.1, 0.15) is 22.3 Å². The Hall–Kier alpha value is -2.42. The van der Waals surface area contributed by atoms with Crippen LogP contribution in [0.2, 0.25) is 0 Å². The summed E-state index contributed by atoms with van der Waals surface area (Å²) in [4.78, 5) is -0.750. The van der Waals surface area contributed by atoms with Crippen LogP contribution in [-0.4, -0.2) is 22.6 Å². The largest absolute Gasteiger partial charge is 0.493 e. The number of anilines is 1. The van der Waals surface area contributed by atoms with Gasteiger partial charge in [-0.3, -0.25) is 4.72 Å². The van der Waals surface area contributed by atoms with Crippen LogP contribution in [0.4, 0.5) is 18.9 Å². The second-order valence-electron chi connectivity index (χ2n) is 4.40. The van der Waals surface area contributed by atoms with E-state index in [-0.39, 0.29) is 17.2 Å². The Bertz CT molecular complexity index is 820. The zero-order valence-electron chi connectivity index (χ0n) is 12.1. The van der Waals surface area contributed by atoms with Gasteiger partial charge in [-0.15, -0.1) is 0 Å². The molecular formula is C14H12F3NO4S. The molecule has 2 aromatic carbocycles. The molecule has 0 atom stereocenters. The predicted octanol–water partition coefficient (Wildman–Crippen LogP) is 2.92. The third kappa shape index (κ3) is 3.67. The summed E-state index contributed by atoms with van der Waals surface area (Å²) in [6, 6.07) is 3.85. The number of hydrogen-bond acceptors (Lipinski definition) is 4. The van der Waals surface area contributed by atoms with Crippen molar-refractivity contribution in [2.24, 2.45) is 0 Å². The summed E-state index contributed by atoms with van der Waals surface area (Å²) < 4.78 is 76.4. The lowest BCUT2D eigenvalue weighted by Gasteiger charge is -2.13. The van der Waals surface area contributed by atoms with E-state index in [0.29, 0.717) is 6.07 Å². The molecule has 0 aliphatic heterocycles. The molecule has 0 saturated heterocycles. The highest BCUT2D eigenvalue weighted by atomic mass is 32.2. The van der Waals surface area contributed by atoms with Gasteiger partial charge in [0.15, 0.2) is 11.5 Å². The molecule has 23 heavy (non-hydrogen) atoms. The van der Waals surface area contributed by atoms with Gasteiger partial charge in [-0.05, 0) is 12.1 Å². The maximum atomic E-state index is 14.0. The van der Waals surface area contributed by atoms with E-state index in [1.807, 2.05) is 4.72 Å². The smallest absolute Gasteiger partial charge is 0.264 e. The third-order valence-electron chi connectivity index (χ3n) is 2.84. The lowest BCUT2D eigenvalue weighted by atomic mass is 10.3. The summed E-state index contributed by atoms with van der Waals surface area (Å²) in [5.41, 5.74) is -0.378. The number of halogens is 3. The zero-order valence-corrected chi connectivity index (χ0v) is 12.9. The van der Waals surface area contributed by atoms with Gasteiger partial charge in [0.2, 0.25) is 0 Å². The van der Waals surface area contributed by atoms with Crippen molar-refractivity contribution >= 4 is 15.7 Å². The number of sulfonamides is 1. The number of nitrogens with one attached hydrogen (secondary N) is 1. The van der Waals surface area contributed by atoms with Gasteiger partial charge in [-0.25, -0.2) is 21.6 Å². The second kappa shape index (κ2) is 6.37. The molecule has 0 fully saturated rings. The van der Waals surface area contributed by atoms with E-state index < -0.39 is 32.4 Å². The van der Waals surface area contributed by atoms with Gasteiger partial charge in [-0.2, -0.15) is 0 Å². The molecule has 0 spiro atoms. The molecular weight excluding hydrogens is 335 g/mol. The zero-order chi connectivity index (χ0) is 17.2. The Balaban J connectivity index is 2.47. The van der Waals surface area contributed by atoms with Gasteiger partial charge >= 0.3 is 0 Å². The highest BCUT2D eigenvalue weighted by molar-refractivity contribution is 7.92. The van der Waals surface area contributed by atoms with E-state index in [1.54, 1.807) is 0 Å². The fraction of sp³-hybridized carbons (Fsp3) is 0.143. The first-order chi connectivity index (χ1) is 10.8. The van der Waals surface area contributed by atoms with Crippen LogP contribution in [0.5, 0.6) is 11.5 Å². The van der Waals surface area contributed by atoms with Crippen LogP contribution in [-0.2, 0) is 10.0 Å². The minimum Gasteiger partial charge on any atom is -0.493 e. The van der Waals surface area contributed by atoms with Crippen molar-refractivity contribution in [3.63, 3.8) is 0 Å². The van der Waals surface area contributed by atoms with Crippen LogP contribution in [0, 0.1) is 17.5 Å². The van der Waals surface area contributed by atoms with E-state index in [1.165, 1.54) is 14.2 Å². The van der Waals surface area contributed by atoms with Gasteiger partial charge in [0.25, 0.3) is 10.0 Å². The van der Waals surface area contributed by atoms with Crippen molar-refractivity contribution in [3.8, 4) is 11.5 Å². The average Bonchev–Trinajstić information content (AvgIpc) is 2.44. The molecule has 0 aliphatic carbocycles. The minimum atomic E-state index is -4.43. The van der Waals surface area contributed by atoms with Crippen molar-refractivity contribution in [1.29, 1.82) is 0 Å². The first kappa shape index (κ1) is 16.9. The van der Waals surface area contributed by atoms with Gasteiger partial charge in [-0.1, -0.05) is 0 Å². The Morgan fingerprint density at radius 1 is 0.870 bits per heavy atom. The number of methoxy groups -OCH3 is 2. The lowest BCUT2D eigenvalue weighted by Crippen LogP contribution is -2.15. The van der Waals surface area contributed by atoms with Crippen LogP contribution in [0.1, 0.15) is 0 Å². The van der Waals surface area contributed by atoms with E-state index in [2.05, 4.69) is 0 Å². The Morgan fingerprint density at radius 2 is 1.39 bits per heavy atom. The number of benzene rings is 2. The molecule has 1 N–H and O–H groups in total. The third-order valence-corrected chi connectivity index (χ3v) is 4.24. The van der Waals surface area contributed by atoms with E-state index >= 15 is 0 Å². The quantitative estimate of drug-likeness (QED) is 0.903. The number of ether oxygens (including phenoxy) is 2. The van der Waals surface area contributed by atoms with Crippen molar-refractivity contribution in [1.82, 2.24) is 0 Å². The normalized spacial score (nSPS) is 11.2. The highest BCUT2D eigenvalue weighted by Crippen LogP contribution is 2.32. The van der Waals surface area contributed by atoms with Gasteiger partial charge in [0.05, 0.1) is 19.9 Å². The summed E-state index contributed by atoms with van der Waals surface area (Å²) in [7, 11) is -1.91. The Labute approximate surface area is 130 Å². The molecule has 9 heteroatoms. The summed E-state index contributed by atoms with van der Waals surface area (Å²) >= 11 is 0. The topological polar surface area (TPSA) is 64.6 Å². The molecule has 0 unspecified atom stereocenters. The van der Waals surface area contributed by atoms with E-state index in [0.717, 1.165) is 24.3 Å². The van der Waals surface area contributed by atoms with Crippen LogP contribution < -0.4 is 14.2 Å². The molecule has 0 aliphatic rings. The first-order valence-corrected chi connectivity index (χ1v) is 7.65. The van der Waals surface area contributed by atoms with Gasteiger partial charge in [0, 0.05) is 18.2 Å². The molecule has 0 bridgehead atoms. The van der Waals surface area contributed by atoms with Crippen molar-refractivity contribution < 1.29 is 31.1 Å². The fourth-order valence-electron chi connectivity index (χ4n) is 1.86. The average molecular weight is 347 g/mol. The maximum absolute atomic E-state index is 14.0. The molecule has 0 radical (unpaired) electrons. The SMILES string of the molecule is COc1cc(F)c(S(=O)(=O)Nc2cc(F)cc(F)c2)cc1OC. The van der Waals surface area contributed by atoms with Crippen molar-refractivity contribution in [2.45, 2.75) is 4.90 Å². The predicted molar refractivity (Wildman–Crippen MR) is 76.7 cm³/mol. The molecule has 0 heterocycles. The number of hydrogen-bond donors (Lipinski definition) is 1. The molecule has 2 rings (SSSR count). The molecule has 124 valence electrons. The number of rotatable bonds is 5. The summed E-state index contributed by atoms with van der Waals surface area (Å²) in [6.07, 6.45) is 0. The van der Waals surface area contributed by atoms with Gasteiger partial charge < -0.3 is 9.47 Å². The molecule has 2 aromatic rings.